The molecule has 1 atom stereocenters. The van der Waals surface area contributed by atoms with Crippen LogP contribution in [0.25, 0.3) is 22.6 Å². The van der Waals surface area contributed by atoms with Crippen molar-refractivity contribution in [3.8, 4) is 22.6 Å². The second-order valence-electron chi connectivity index (χ2n) is 8.50. The van der Waals surface area contributed by atoms with Crippen molar-refractivity contribution in [1.29, 1.82) is 0 Å². The molecule has 0 saturated carbocycles. The predicted molar refractivity (Wildman–Crippen MR) is 138 cm³/mol. The van der Waals surface area contributed by atoms with Gasteiger partial charge in [-0.15, -0.1) is 5.10 Å². The summed E-state index contributed by atoms with van der Waals surface area (Å²) in [6.45, 7) is 0. The van der Waals surface area contributed by atoms with Gasteiger partial charge >= 0.3 is 6.09 Å². The number of anilines is 1. The minimum absolute atomic E-state index is 0.250. The standard InChI is InChI=1S/C24H17Cl2N9O3/c25-13-1-6-18(34-12-28-31-32-34)16(9-13)17-10-21(36)35-19(7-8-20(35)30-17)22-23(26)27-11-33(22)15-4-2-14(3-5-15)29-24(37)38/h1-6,9-12,19,29H,7-8H2,(H,37,38)/t19-/m0/s1. The maximum atomic E-state index is 13.5. The number of benzene rings is 2. The molecule has 12 nitrogen and oxygen atoms in total. The Hall–Kier alpha value is -4.55. The average molecular weight is 550 g/mol. The van der Waals surface area contributed by atoms with Crippen molar-refractivity contribution < 1.29 is 9.90 Å². The Labute approximate surface area is 224 Å². The summed E-state index contributed by atoms with van der Waals surface area (Å²) in [5, 5.41) is 23.3. The molecule has 14 heteroatoms. The number of carbonyl (C=O) groups is 1. The summed E-state index contributed by atoms with van der Waals surface area (Å²) in [5.41, 5.74) is 3.23. The lowest BCUT2D eigenvalue weighted by atomic mass is 10.1. The smallest absolute Gasteiger partial charge is 0.409 e. The van der Waals surface area contributed by atoms with Crippen molar-refractivity contribution >= 4 is 35.0 Å². The second kappa shape index (κ2) is 9.39. The maximum absolute atomic E-state index is 13.5. The van der Waals surface area contributed by atoms with Gasteiger partial charge in [0.25, 0.3) is 5.56 Å². The number of halogens is 2. The number of hydrogen-bond donors (Lipinski definition) is 2. The van der Waals surface area contributed by atoms with Gasteiger partial charge in [-0.25, -0.2) is 14.8 Å². The average Bonchev–Trinajstić information content (AvgIpc) is 3.64. The lowest BCUT2D eigenvalue weighted by Crippen LogP contribution is -2.26. The number of nitrogens with one attached hydrogen (secondary N) is 1. The summed E-state index contributed by atoms with van der Waals surface area (Å²) >= 11 is 12.8. The van der Waals surface area contributed by atoms with Crippen LogP contribution in [0.1, 0.15) is 24.0 Å². The summed E-state index contributed by atoms with van der Waals surface area (Å²) in [4.78, 5) is 33.5. The lowest BCUT2D eigenvalue weighted by Gasteiger charge is -2.18. The third-order valence-electron chi connectivity index (χ3n) is 6.28. The van der Waals surface area contributed by atoms with E-state index in [9.17, 15) is 9.59 Å². The van der Waals surface area contributed by atoms with Crippen LogP contribution in [0.5, 0.6) is 0 Å². The molecule has 190 valence electrons. The fraction of sp³-hybridized carbons (Fsp3) is 0.125. The number of amides is 1. The molecule has 2 N–H and O–H groups in total. The molecular formula is C24H17Cl2N9O3. The van der Waals surface area contributed by atoms with Gasteiger partial charge in [0.15, 0.2) is 5.15 Å². The van der Waals surface area contributed by atoms with Crippen molar-refractivity contribution in [3.63, 3.8) is 0 Å². The van der Waals surface area contributed by atoms with E-state index >= 15 is 0 Å². The van der Waals surface area contributed by atoms with Gasteiger partial charge in [-0.3, -0.25) is 19.2 Å². The van der Waals surface area contributed by atoms with Gasteiger partial charge in [0.05, 0.1) is 23.1 Å². The third kappa shape index (κ3) is 4.19. The Balaban J connectivity index is 1.41. The molecule has 4 heterocycles. The summed E-state index contributed by atoms with van der Waals surface area (Å²) in [5.74, 6) is 0.602. The largest absolute Gasteiger partial charge is 0.465 e. The Bertz CT molecular complexity index is 1730. The quantitative estimate of drug-likeness (QED) is 0.334. The van der Waals surface area contributed by atoms with Crippen LogP contribution in [0.4, 0.5) is 10.5 Å². The van der Waals surface area contributed by atoms with Crippen LogP contribution in [0.3, 0.4) is 0 Å². The zero-order valence-electron chi connectivity index (χ0n) is 19.4. The zero-order chi connectivity index (χ0) is 26.4. The fourth-order valence-corrected chi connectivity index (χ4v) is 5.13. The van der Waals surface area contributed by atoms with Gasteiger partial charge in [0.2, 0.25) is 0 Å². The highest BCUT2D eigenvalue weighted by Crippen LogP contribution is 2.36. The first kappa shape index (κ1) is 23.8. The number of aryl methyl sites for hydroxylation is 1. The van der Waals surface area contributed by atoms with E-state index in [4.69, 9.17) is 33.3 Å². The zero-order valence-corrected chi connectivity index (χ0v) is 20.9. The van der Waals surface area contributed by atoms with E-state index in [1.54, 1.807) is 57.9 Å². The Morgan fingerprint density at radius 2 is 1.89 bits per heavy atom. The number of imidazole rings is 1. The van der Waals surface area contributed by atoms with Crippen molar-refractivity contribution in [2.45, 2.75) is 18.9 Å². The van der Waals surface area contributed by atoms with Gasteiger partial charge in [0.1, 0.15) is 18.5 Å². The van der Waals surface area contributed by atoms with Crippen LogP contribution in [-0.4, -0.2) is 50.5 Å². The predicted octanol–water partition coefficient (Wildman–Crippen LogP) is 4.00. The molecule has 0 radical (unpaired) electrons. The topological polar surface area (TPSA) is 146 Å². The van der Waals surface area contributed by atoms with E-state index in [0.717, 1.165) is 0 Å². The van der Waals surface area contributed by atoms with Crippen LogP contribution < -0.4 is 10.9 Å². The van der Waals surface area contributed by atoms with Crippen molar-refractivity contribution in [3.05, 3.63) is 93.2 Å². The molecular weight excluding hydrogens is 533 g/mol. The lowest BCUT2D eigenvalue weighted by molar-refractivity contribution is 0.209. The molecule has 5 aromatic rings. The van der Waals surface area contributed by atoms with Crippen molar-refractivity contribution in [2.24, 2.45) is 0 Å². The number of aromatic nitrogens is 8. The van der Waals surface area contributed by atoms with Gasteiger partial charge in [-0.05, 0) is 59.3 Å². The molecule has 3 aromatic heterocycles. The number of nitrogens with zero attached hydrogens (tertiary/aromatic N) is 8. The van der Waals surface area contributed by atoms with Crippen molar-refractivity contribution in [1.82, 2.24) is 39.3 Å². The van der Waals surface area contributed by atoms with Crippen LogP contribution >= 0.6 is 23.2 Å². The summed E-state index contributed by atoms with van der Waals surface area (Å²) < 4.78 is 4.90. The first-order valence-electron chi connectivity index (χ1n) is 11.4. The van der Waals surface area contributed by atoms with E-state index < -0.39 is 12.1 Å². The molecule has 0 bridgehead atoms. The normalized spacial score (nSPS) is 14.4. The number of tetrazole rings is 1. The fourth-order valence-electron chi connectivity index (χ4n) is 4.69. The molecule has 1 aliphatic rings. The van der Waals surface area contributed by atoms with Gasteiger partial charge < -0.3 is 5.11 Å². The molecule has 0 saturated heterocycles. The maximum Gasteiger partial charge on any atom is 0.409 e. The monoisotopic (exact) mass is 549 g/mol. The summed E-state index contributed by atoms with van der Waals surface area (Å²) in [6, 6.07) is 13.0. The molecule has 1 aliphatic heterocycles. The molecule has 38 heavy (non-hydrogen) atoms. The molecule has 0 spiro atoms. The minimum Gasteiger partial charge on any atom is -0.465 e. The van der Waals surface area contributed by atoms with Crippen molar-refractivity contribution in [2.75, 3.05) is 5.32 Å². The van der Waals surface area contributed by atoms with Crippen LogP contribution in [0.2, 0.25) is 10.2 Å². The molecule has 1 amide bonds. The molecule has 0 fully saturated rings. The van der Waals surface area contributed by atoms with E-state index in [0.29, 0.717) is 57.7 Å². The van der Waals surface area contributed by atoms with E-state index in [-0.39, 0.29) is 10.7 Å². The number of fused-ring (bicyclic) bond motifs is 1. The van der Waals surface area contributed by atoms with E-state index in [1.807, 2.05) is 0 Å². The Kier molecular flexibility index (Phi) is 5.89. The molecule has 6 rings (SSSR count). The molecule has 0 aliphatic carbocycles. The second-order valence-corrected chi connectivity index (χ2v) is 9.30. The highest BCUT2D eigenvalue weighted by molar-refractivity contribution is 6.31. The van der Waals surface area contributed by atoms with Crippen LogP contribution in [0.15, 0.2) is 66.0 Å². The molecule has 2 aromatic carbocycles. The third-order valence-corrected chi connectivity index (χ3v) is 6.80. The number of rotatable bonds is 5. The van der Waals surface area contributed by atoms with Crippen LogP contribution in [0, 0.1) is 0 Å². The Morgan fingerprint density at radius 3 is 2.63 bits per heavy atom. The minimum atomic E-state index is -1.15. The van der Waals surface area contributed by atoms with Crippen LogP contribution in [-0.2, 0) is 6.42 Å². The SMILES string of the molecule is O=C(O)Nc1ccc(-n2cnc(Cl)c2[C@@H]2CCc3nc(-c4cc(Cl)ccc4-n4cnnn4)cc(=O)n32)cc1. The highest BCUT2D eigenvalue weighted by Gasteiger charge is 2.31. The van der Waals surface area contributed by atoms with Gasteiger partial charge in [-0.1, -0.05) is 23.2 Å². The molecule has 0 unspecified atom stereocenters. The van der Waals surface area contributed by atoms with Gasteiger partial charge in [0, 0.05) is 34.4 Å². The number of carboxylic acid groups (broad SMARTS) is 1. The highest BCUT2D eigenvalue weighted by atomic mass is 35.5. The summed E-state index contributed by atoms with van der Waals surface area (Å²) in [6.07, 6.45) is 3.01. The van der Waals surface area contributed by atoms with E-state index in [2.05, 4.69) is 25.8 Å². The Morgan fingerprint density at radius 1 is 1.08 bits per heavy atom. The number of hydrogen-bond acceptors (Lipinski definition) is 7. The van der Waals surface area contributed by atoms with E-state index in [1.165, 1.54) is 17.1 Å². The first-order chi connectivity index (χ1) is 18.4. The van der Waals surface area contributed by atoms with Gasteiger partial charge in [-0.2, -0.15) is 4.68 Å². The summed E-state index contributed by atoms with van der Waals surface area (Å²) in [7, 11) is 0. The first-order valence-corrected chi connectivity index (χ1v) is 12.1.